The Bertz CT molecular complexity index is 376. The molecule has 0 radical (unpaired) electrons. The summed E-state index contributed by atoms with van der Waals surface area (Å²) in [4.78, 5) is 22.8. The summed E-state index contributed by atoms with van der Waals surface area (Å²) in [6, 6.07) is 0. The van der Waals surface area contributed by atoms with Gasteiger partial charge >= 0.3 is 5.97 Å². The number of carbonyl (C=O) groups is 2. The molecule has 0 aromatic carbocycles. The molecule has 0 aliphatic carbocycles. The summed E-state index contributed by atoms with van der Waals surface area (Å²) >= 11 is 1.40. The summed E-state index contributed by atoms with van der Waals surface area (Å²) < 4.78 is 6.29. The number of thioether (sulfide) groups is 1. The minimum absolute atomic E-state index is 0.106. The number of Topliss-reactive ketones (excluding diaryl/α,β-unsaturated/α-hetero) is 1. The number of ketones is 1. The fourth-order valence-corrected chi connectivity index (χ4v) is 1.72. The van der Waals surface area contributed by atoms with E-state index in [1.165, 1.54) is 23.4 Å². The molecule has 88 valence electrons. The summed E-state index contributed by atoms with van der Waals surface area (Å²) in [5.74, 6) is 0.224. The summed E-state index contributed by atoms with van der Waals surface area (Å²) in [5, 5.41) is 4.00. The third-order valence-corrected chi connectivity index (χ3v) is 2.74. The number of ether oxygens (including phenoxy) is 1. The van der Waals surface area contributed by atoms with Crippen LogP contribution in [-0.4, -0.2) is 33.9 Å². The van der Waals surface area contributed by atoms with Gasteiger partial charge < -0.3 is 4.74 Å². The maximum Gasteiger partial charge on any atom is 0.327 e. The monoisotopic (exact) mass is 242 g/mol. The van der Waals surface area contributed by atoms with Gasteiger partial charge in [0.2, 0.25) is 0 Å². The van der Waals surface area contributed by atoms with Crippen LogP contribution in [-0.2, 0) is 20.9 Å². The van der Waals surface area contributed by atoms with Crippen LogP contribution in [0, 0.1) is 0 Å². The van der Waals surface area contributed by atoms with Crippen molar-refractivity contribution in [3.63, 3.8) is 0 Å². The molecule has 6 heteroatoms. The average molecular weight is 242 g/mol. The van der Waals surface area contributed by atoms with Gasteiger partial charge in [-0.15, -0.1) is 11.8 Å². The number of esters is 1. The van der Waals surface area contributed by atoms with Crippen molar-refractivity contribution in [3.05, 3.63) is 12.4 Å². The first kappa shape index (κ1) is 12.8. The predicted octanol–water partition coefficient (Wildman–Crippen LogP) is 1.13. The smallest absolute Gasteiger partial charge is 0.327 e. The quantitative estimate of drug-likeness (QED) is 0.552. The maximum atomic E-state index is 11.1. The van der Waals surface area contributed by atoms with E-state index in [9.17, 15) is 9.59 Å². The number of hydrogen-bond donors (Lipinski definition) is 0. The van der Waals surface area contributed by atoms with Gasteiger partial charge in [-0.2, -0.15) is 5.10 Å². The molecule has 0 aliphatic rings. The van der Waals surface area contributed by atoms with Gasteiger partial charge in [-0.3, -0.25) is 14.3 Å². The predicted molar refractivity (Wildman–Crippen MR) is 60.3 cm³/mol. The van der Waals surface area contributed by atoms with Crippen LogP contribution in [0.4, 0.5) is 0 Å². The molecule has 0 saturated heterocycles. The molecule has 0 fully saturated rings. The lowest BCUT2D eigenvalue weighted by molar-refractivity contribution is -0.144. The Morgan fingerprint density at radius 2 is 2.31 bits per heavy atom. The van der Waals surface area contributed by atoms with Crippen molar-refractivity contribution < 1.29 is 14.3 Å². The van der Waals surface area contributed by atoms with E-state index in [1.54, 1.807) is 19.3 Å². The van der Waals surface area contributed by atoms with Crippen molar-refractivity contribution in [2.75, 3.05) is 12.4 Å². The molecular formula is C10H14N2O3S. The third kappa shape index (κ3) is 4.48. The summed E-state index contributed by atoms with van der Waals surface area (Å²) in [6.45, 7) is 3.77. The molecule has 0 N–H and O–H groups in total. The van der Waals surface area contributed by atoms with Gasteiger partial charge in [0.15, 0.2) is 0 Å². The van der Waals surface area contributed by atoms with E-state index in [2.05, 4.69) is 5.10 Å². The lowest BCUT2D eigenvalue weighted by Gasteiger charge is -2.00. The fraction of sp³-hybridized carbons (Fsp3) is 0.500. The normalized spacial score (nSPS) is 10.1. The second-order valence-electron chi connectivity index (χ2n) is 3.17. The van der Waals surface area contributed by atoms with Gasteiger partial charge in [-0.25, -0.2) is 0 Å². The van der Waals surface area contributed by atoms with Gasteiger partial charge in [0.05, 0.1) is 18.6 Å². The topological polar surface area (TPSA) is 61.2 Å². The Kier molecular flexibility index (Phi) is 5.04. The second-order valence-corrected chi connectivity index (χ2v) is 4.22. The van der Waals surface area contributed by atoms with Crippen LogP contribution in [0.1, 0.15) is 13.8 Å². The van der Waals surface area contributed by atoms with Crippen molar-refractivity contribution in [1.82, 2.24) is 9.78 Å². The number of rotatable bonds is 6. The lowest BCUT2D eigenvalue weighted by Crippen LogP contribution is -2.13. The zero-order chi connectivity index (χ0) is 12.0. The standard InChI is InChI=1S/C10H14N2O3S/c1-3-15-10(14)6-12-5-9(4-11-12)16-7-8(2)13/h4-5H,3,6-7H2,1-2H3. The van der Waals surface area contributed by atoms with Crippen LogP contribution in [0.25, 0.3) is 0 Å². The van der Waals surface area contributed by atoms with E-state index in [0.29, 0.717) is 12.4 Å². The highest BCUT2D eigenvalue weighted by Crippen LogP contribution is 2.16. The van der Waals surface area contributed by atoms with Crippen LogP contribution in [0.15, 0.2) is 17.3 Å². The van der Waals surface area contributed by atoms with Gasteiger partial charge in [0.1, 0.15) is 12.3 Å². The number of nitrogens with zero attached hydrogens (tertiary/aromatic N) is 2. The largest absolute Gasteiger partial charge is 0.465 e. The van der Waals surface area contributed by atoms with E-state index in [1.807, 2.05) is 0 Å². The zero-order valence-corrected chi connectivity index (χ0v) is 10.1. The molecule has 0 aliphatic heterocycles. The van der Waals surface area contributed by atoms with Crippen molar-refractivity contribution >= 4 is 23.5 Å². The molecule has 5 nitrogen and oxygen atoms in total. The summed E-state index contributed by atoms with van der Waals surface area (Å²) in [6.07, 6.45) is 3.36. The molecule has 1 aromatic heterocycles. The minimum atomic E-state index is -0.311. The Labute approximate surface area is 98.2 Å². The molecule has 1 rings (SSSR count). The van der Waals surface area contributed by atoms with Gasteiger partial charge in [0.25, 0.3) is 0 Å². The van der Waals surface area contributed by atoms with Gasteiger partial charge in [-0.05, 0) is 13.8 Å². The summed E-state index contributed by atoms with van der Waals surface area (Å²) in [5.41, 5.74) is 0. The van der Waals surface area contributed by atoms with Crippen LogP contribution in [0.2, 0.25) is 0 Å². The lowest BCUT2D eigenvalue weighted by atomic mass is 10.5. The molecule has 1 aromatic rings. The number of hydrogen-bond acceptors (Lipinski definition) is 5. The third-order valence-electron chi connectivity index (χ3n) is 1.65. The molecule has 0 bridgehead atoms. The van der Waals surface area contributed by atoms with Crippen LogP contribution >= 0.6 is 11.8 Å². The second kappa shape index (κ2) is 6.32. The Morgan fingerprint density at radius 1 is 1.56 bits per heavy atom. The van der Waals surface area contributed by atoms with Crippen LogP contribution < -0.4 is 0 Å². The van der Waals surface area contributed by atoms with Crippen LogP contribution in [0.3, 0.4) is 0 Å². The number of carbonyl (C=O) groups excluding carboxylic acids is 2. The van der Waals surface area contributed by atoms with Crippen molar-refractivity contribution in [2.45, 2.75) is 25.3 Å². The maximum absolute atomic E-state index is 11.1. The SMILES string of the molecule is CCOC(=O)Cn1cc(SCC(C)=O)cn1. The highest BCUT2D eigenvalue weighted by molar-refractivity contribution is 8.00. The first-order valence-corrected chi connectivity index (χ1v) is 5.90. The van der Waals surface area contributed by atoms with Crippen LogP contribution in [0.5, 0.6) is 0 Å². The minimum Gasteiger partial charge on any atom is -0.465 e. The van der Waals surface area contributed by atoms with E-state index in [0.717, 1.165) is 4.90 Å². The van der Waals surface area contributed by atoms with E-state index >= 15 is 0 Å². The molecule has 0 spiro atoms. The number of aromatic nitrogens is 2. The van der Waals surface area contributed by atoms with Crippen molar-refractivity contribution in [3.8, 4) is 0 Å². The Hall–Kier alpha value is -1.30. The van der Waals surface area contributed by atoms with Gasteiger partial charge in [0, 0.05) is 11.1 Å². The molecule has 1 heterocycles. The van der Waals surface area contributed by atoms with E-state index < -0.39 is 0 Å². The average Bonchev–Trinajstić information content (AvgIpc) is 2.63. The molecular weight excluding hydrogens is 228 g/mol. The van der Waals surface area contributed by atoms with Crippen molar-refractivity contribution in [2.24, 2.45) is 0 Å². The Morgan fingerprint density at radius 3 is 2.94 bits per heavy atom. The van der Waals surface area contributed by atoms with Crippen molar-refractivity contribution in [1.29, 1.82) is 0 Å². The molecule has 0 amide bonds. The van der Waals surface area contributed by atoms with E-state index in [4.69, 9.17) is 4.74 Å². The highest BCUT2D eigenvalue weighted by atomic mass is 32.2. The molecule has 0 saturated carbocycles. The molecule has 0 unspecified atom stereocenters. The summed E-state index contributed by atoms with van der Waals surface area (Å²) in [7, 11) is 0. The van der Waals surface area contributed by atoms with Gasteiger partial charge in [-0.1, -0.05) is 0 Å². The first-order chi connectivity index (χ1) is 7.61. The Balaban J connectivity index is 2.45. The first-order valence-electron chi connectivity index (χ1n) is 4.92. The fourth-order valence-electron chi connectivity index (χ4n) is 1.03. The zero-order valence-electron chi connectivity index (χ0n) is 9.30. The molecule has 0 atom stereocenters. The molecule has 16 heavy (non-hydrogen) atoms. The highest BCUT2D eigenvalue weighted by Gasteiger charge is 2.06. The van der Waals surface area contributed by atoms with E-state index in [-0.39, 0.29) is 18.3 Å².